The summed E-state index contributed by atoms with van der Waals surface area (Å²) < 4.78 is 5.46. The lowest BCUT2D eigenvalue weighted by Crippen LogP contribution is -2.22. The Labute approximate surface area is 159 Å². The lowest BCUT2D eigenvalue weighted by Gasteiger charge is -2.14. The number of nitrogens with one attached hydrogen (secondary N) is 3. The van der Waals surface area contributed by atoms with Gasteiger partial charge in [-0.3, -0.25) is 9.59 Å². The summed E-state index contributed by atoms with van der Waals surface area (Å²) in [6.07, 6.45) is 1.91. The molecule has 0 aliphatic heterocycles. The maximum atomic E-state index is 12.3. The highest BCUT2D eigenvalue weighted by Crippen LogP contribution is 2.31. The molecule has 0 radical (unpaired) electrons. The van der Waals surface area contributed by atoms with E-state index >= 15 is 0 Å². The minimum Gasteiger partial charge on any atom is -0.494 e. The van der Waals surface area contributed by atoms with Crippen LogP contribution in [0.5, 0.6) is 5.75 Å². The van der Waals surface area contributed by atoms with Gasteiger partial charge in [-0.05, 0) is 56.5 Å². The average molecular weight is 367 g/mol. The van der Waals surface area contributed by atoms with E-state index in [2.05, 4.69) is 16.0 Å². The second kappa shape index (κ2) is 8.58. The molecule has 0 saturated heterocycles. The highest BCUT2D eigenvalue weighted by atomic mass is 16.5. The van der Waals surface area contributed by atoms with Crippen molar-refractivity contribution in [3.8, 4) is 5.75 Å². The third-order valence-electron chi connectivity index (χ3n) is 4.41. The van der Waals surface area contributed by atoms with Gasteiger partial charge in [-0.1, -0.05) is 12.1 Å². The zero-order chi connectivity index (χ0) is 19.2. The molecule has 2 amide bonds. The van der Waals surface area contributed by atoms with E-state index in [0.717, 1.165) is 35.5 Å². The van der Waals surface area contributed by atoms with Crippen molar-refractivity contribution in [2.24, 2.45) is 5.92 Å². The molecule has 2 aromatic rings. The maximum Gasteiger partial charge on any atom is 0.243 e. The van der Waals surface area contributed by atoms with Crippen molar-refractivity contribution in [2.75, 3.05) is 29.1 Å². The van der Waals surface area contributed by atoms with Crippen LogP contribution in [-0.2, 0) is 9.59 Å². The van der Waals surface area contributed by atoms with E-state index < -0.39 is 0 Å². The van der Waals surface area contributed by atoms with Crippen molar-refractivity contribution in [3.05, 3.63) is 48.0 Å². The molecule has 142 valence electrons. The van der Waals surface area contributed by atoms with Gasteiger partial charge < -0.3 is 20.7 Å². The zero-order valence-corrected chi connectivity index (χ0v) is 15.7. The van der Waals surface area contributed by atoms with Crippen molar-refractivity contribution in [3.63, 3.8) is 0 Å². The summed E-state index contributed by atoms with van der Waals surface area (Å²) in [6, 6.07) is 13.0. The van der Waals surface area contributed by atoms with Gasteiger partial charge in [-0.25, -0.2) is 0 Å². The standard InChI is InChI=1S/C21H25N3O3/c1-3-27-17-7-4-6-16(12-17)22-13-20(25)23-18-8-5-9-19(14(18)2)24-21(26)15-10-11-15/h4-9,12,15,22H,3,10-11,13H2,1-2H3,(H,23,25)(H,24,26). The molecule has 2 aromatic carbocycles. The Morgan fingerprint density at radius 1 is 1.07 bits per heavy atom. The van der Waals surface area contributed by atoms with Gasteiger partial charge in [0.2, 0.25) is 11.8 Å². The van der Waals surface area contributed by atoms with Crippen LogP contribution in [0.2, 0.25) is 0 Å². The van der Waals surface area contributed by atoms with Crippen LogP contribution in [0.4, 0.5) is 17.1 Å². The number of carbonyl (C=O) groups excluding carboxylic acids is 2. The third-order valence-corrected chi connectivity index (χ3v) is 4.41. The molecule has 0 heterocycles. The zero-order valence-electron chi connectivity index (χ0n) is 15.7. The number of rotatable bonds is 8. The topological polar surface area (TPSA) is 79.5 Å². The maximum absolute atomic E-state index is 12.3. The normalized spacial score (nSPS) is 13.0. The van der Waals surface area contributed by atoms with Crippen LogP contribution < -0.4 is 20.7 Å². The van der Waals surface area contributed by atoms with Gasteiger partial charge in [-0.2, -0.15) is 0 Å². The lowest BCUT2D eigenvalue weighted by molar-refractivity contribution is -0.117. The van der Waals surface area contributed by atoms with Gasteiger partial charge in [-0.15, -0.1) is 0 Å². The van der Waals surface area contributed by atoms with Crippen LogP contribution in [-0.4, -0.2) is 25.0 Å². The van der Waals surface area contributed by atoms with Crippen LogP contribution in [0, 0.1) is 12.8 Å². The lowest BCUT2D eigenvalue weighted by atomic mass is 10.1. The summed E-state index contributed by atoms with van der Waals surface area (Å²) in [7, 11) is 0. The van der Waals surface area contributed by atoms with Crippen LogP contribution in [0.25, 0.3) is 0 Å². The van der Waals surface area contributed by atoms with Crippen molar-refractivity contribution in [1.82, 2.24) is 0 Å². The van der Waals surface area contributed by atoms with Gasteiger partial charge in [0, 0.05) is 29.0 Å². The first-order valence-corrected chi connectivity index (χ1v) is 9.24. The molecule has 0 spiro atoms. The summed E-state index contributed by atoms with van der Waals surface area (Å²) in [4.78, 5) is 24.3. The second-order valence-corrected chi connectivity index (χ2v) is 6.60. The molecule has 0 bridgehead atoms. The molecule has 6 heteroatoms. The molecular formula is C21H25N3O3. The molecule has 1 aliphatic carbocycles. The Morgan fingerprint density at radius 2 is 1.78 bits per heavy atom. The Morgan fingerprint density at radius 3 is 2.48 bits per heavy atom. The minimum absolute atomic E-state index is 0.0532. The summed E-state index contributed by atoms with van der Waals surface area (Å²) in [5, 5.41) is 8.93. The second-order valence-electron chi connectivity index (χ2n) is 6.60. The number of hydrogen-bond acceptors (Lipinski definition) is 4. The van der Waals surface area contributed by atoms with Crippen LogP contribution in [0.15, 0.2) is 42.5 Å². The van der Waals surface area contributed by atoms with Crippen LogP contribution in [0.3, 0.4) is 0 Å². The molecular weight excluding hydrogens is 342 g/mol. The van der Waals surface area contributed by atoms with Gasteiger partial charge in [0.05, 0.1) is 13.2 Å². The molecule has 27 heavy (non-hydrogen) atoms. The smallest absolute Gasteiger partial charge is 0.243 e. The Balaban J connectivity index is 1.57. The van der Waals surface area contributed by atoms with Crippen LogP contribution >= 0.6 is 0 Å². The van der Waals surface area contributed by atoms with E-state index in [1.807, 2.05) is 56.3 Å². The van der Waals surface area contributed by atoms with E-state index in [1.54, 1.807) is 0 Å². The molecule has 1 saturated carbocycles. The number of amides is 2. The molecule has 0 aromatic heterocycles. The van der Waals surface area contributed by atoms with Crippen LogP contribution in [0.1, 0.15) is 25.3 Å². The van der Waals surface area contributed by atoms with Gasteiger partial charge in [0.25, 0.3) is 0 Å². The predicted molar refractivity (Wildman–Crippen MR) is 107 cm³/mol. The molecule has 0 unspecified atom stereocenters. The fourth-order valence-corrected chi connectivity index (χ4v) is 2.73. The fourth-order valence-electron chi connectivity index (χ4n) is 2.73. The summed E-state index contributed by atoms with van der Waals surface area (Å²) >= 11 is 0. The Hall–Kier alpha value is -3.02. The minimum atomic E-state index is -0.161. The largest absolute Gasteiger partial charge is 0.494 e. The average Bonchev–Trinajstić information content (AvgIpc) is 3.49. The number of ether oxygens (including phenoxy) is 1. The fraction of sp³-hybridized carbons (Fsp3) is 0.333. The summed E-state index contributed by atoms with van der Waals surface area (Å²) in [5.74, 6) is 0.792. The van der Waals surface area contributed by atoms with Gasteiger partial charge >= 0.3 is 0 Å². The van der Waals surface area contributed by atoms with Gasteiger partial charge in [0.15, 0.2) is 0 Å². The SMILES string of the molecule is CCOc1cccc(NCC(=O)Nc2cccc(NC(=O)C3CC3)c2C)c1. The predicted octanol–water partition coefficient (Wildman–Crippen LogP) is 3.79. The quantitative estimate of drug-likeness (QED) is 0.663. The monoisotopic (exact) mass is 367 g/mol. The van der Waals surface area contributed by atoms with E-state index in [1.165, 1.54) is 0 Å². The number of benzene rings is 2. The number of hydrogen-bond donors (Lipinski definition) is 3. The van der Waals surface area contributed by atoms with Crippen molar-refractivity contribution >= 4 is 28.9 Å². The highest BCUT2D eigenvalue weighted by molar-refractivity contribution is 5.98. The van der Waals surface area contributed by atoms with Gasteiger partial charge in [0.1, 0.15) is 5.75 Å². The van der Waals surface area contributed by atoms with E-state index in [-0.39, 0.29) is 24.3 Å². The third kappa shape index (κ3) is 5.23. The molecule has 3 N–H and O–H groups in total. The van der Waals surface area contributed by atoms with E-state index in [0.29, 0.717) is 12.3 Å². The molecule has 3 rings (SSSR count). The number of anilines is 3. The van der Waals surface area contributed by atoms with E-state index in [4.69, 9.17) is 4.74 Å². The van der Waals surface area contributed by atoms with E-state index in [9.17, 15) is 9.59 Å². The van der Waals surface area contributed by atoms with Crippen molar-refractivity contribution < 1.29 is 14.3 Å². The molecule has 0 atom stereocenters. The molecule has 1 fully saturated rings. The highest BCUT2D eigenvalue weighted by Gasteiger charge is 2.29. The van der Waals surface area contributed by atoms with Crippen molar-refractivity contribution in [1.29, 1.82) is 0 Å². The van der Waals surface area contributed by atoms with Crippen molar-refractivity contribution in [2.45, 2.75) is 26.7 Å². The Bertz CT molecular complexity index is 831. The summed E-state index contributed by atoms with van der Waals surface area (Å²) in [5.41, 5.74) is 3.09. The first kappa shape index (κ1) is 18.8. The summed E-state index contributed by atoms with van der Waals surface area (Å²) in [6.45, 7) is 4.54. The first-order valence-electron chi connectivity index (χ1n) is 9.24. The Kier molecular flexibility index (Phi) is 5.96. The molecule has 1 aliphatic rings. The first-order chi connectivity index (χ1) is 13.1. The number of carbonyl (C=O) groups is 2. The molecule has 6 nitrogen and oxygen atoms in total.